The van der Waals surface area contributed by atoms with E-state index in [4.69, 9.17) is 16.6 Å². The molecule has 2 heterocycles. The first-order chi connectivity index (χ1) is 14.7. The van der Waals surface area contributed by atoms with E-state index < -0.39 is 4.92 Å². The minimum atomic E-state index is -0.459. The smallest absolute Gasteiger partial charge is 0.270 e. The zero-order valence-corrected chi connectivity index (χ0v) is 19.6. The Hall–Kier alpha value is -2.75. The lowest BCUT2D eigenvalue weighted by Crippen LogP contribution is -2.27. The standard InChI is InChI=1S/C22H15BrN2O4S2/c1-12-3-4-14(9-13(12)2)24-21(26)20(31-22(24)30)11-16-6-8-19(29-16)17-7-5-15(25(27)28)10-18(17)23/h3-11H,1-2H3/b20-11+. The van der Waals surface area contributed by atoms with E-state index in [0.29, 0.717) is 30.8 Å². The summed E-state index contributed by atoms with van der Waals surface area (Å²) >= 11 is 10.0. The fourth-order valence-corrected chi connectivity index (χ4v) is 4.92. The van der Waals surface area contributed by atoms with Gasteiger partial charge in [-0.15, -0.1) is 0 Å². The molecule has 0 radical (unpaired) electrons. The number of non-ortho nitro benzene ring substituents is 1. The van der Waals surface area contributed by atoms with E-state index in [1.165, 1.54) is 28.8 Å². The molecule has 0 bridgehead atoms. The van der Waals surface area contributed by atoms with Gasteiger partial charge in [0.15, 0.2) is 4.32 Å². The van der Waals surface area contributed by atoms with Crippen LogP contribution in [0.25, 0.3) is 17.4 Å². The van der Waals surface area contributed by atoms with Crippen molar-refractivity contribution in [1.29, 1.82) is 0 Å². The molecule has 31 heavy (non-hydrogen) atoms. The van der Waals surface area contributed by atoms with Gasteiger partial charge in [-0.3, -0.25) is 19.8 Å². The number of nitrogens with zero attached hydrogens (tertiary/aromatic N) is 2. The van der Waals surface area contributed by atoms with Crippen molar-refractivity contribution in [1.82, 2.24) is 0 Å². The molecular weight excluding hydrogens is 500 g/mol. The predicted octanol–water partition coefficient (Wildman–Crippen LogP) is 6.64. The lowest BCUT2D eigenvalue weighted by atomic mass is 10.1. The first-order valence-electron chi connectivity index (χ1n) is 9.14. The van der Waals surface area contributed by atoms with Crippen LogP contribution < -0.4 is 4.90 Å². The molecule has 0 unspecified atom stereocenters. The van der Waals surface area contributed by atoms with E-state index in [2.05, 4.69) is 15.9 Å². The average molecular weight is 515 g/mol. The third kappa shape index (κ3) is 4.21. The normalized spacial score (nSPS) is 15.2. The third-order valence-electron chi connectivity index (χ3n) is 4.87. The topological polar surface area (TPSA) is 76.6 Å². The summed E-state index contributed by atoms with van der Waals surface area (Å²) in [6.45, 7) is 4.01. The molecule has 1 amide bonds. The Morgan fingerprint density at radius 1 is 1.13 bits per heavy atom. The Morgan fingerprint density at radius 2 is 1.90 bits per heavy atom. The van der Waals surface area contributed by atoms with Crippen LogP contribution in [0.2, 0.25) is 0 Å². The summed E-state index contributed by atoms with van der Waals surface area (Å²) in [6, 6.07) is 13.7. The van der Waals surface area contributed by atoms with E-state index in [1.807, 2.05) is 32.0 Å². The van der Waals surface area contributed by atoms with Gasteiger partial charge < -0.3 is 4.42 Å². The molecule has 1 aliphatic heterocycles. The second-order valence-electron chi connectivity index (χ2n) is 6.91. The van der Waals surface area contributed by atoms with E-state index in [-0.39, 0.29) is 11.6 Å². The van der Waals surface area contributed by atoms with Crippen LogP contribution in [0.5, 0.6) is 0 Å². The quantitative estimate of drug-likeness (QED) is 0.168. The number of furan rings is 1. The number of halogens is 1. The Kier molecular flexibility index (Phi) is 5.83. The number of thioether (sulfide) groups is 1. The van der Waals surface area contributed by atoms with E-state index in [9.17, 15) is 14.9 Å². The number of hydrogen-bond donors (Lipinski definition) is 0. The number of anilines is 1. The van der Waals surface area contributed by atoms with Crippen molar-refractivity contribution in [2.24, 2.45) is 0 Å². The molecule has 0 spiro atoms. The molecule has 6 nitrogen and oxygen atoms in total. The second kappa shape index (κ2) is 8.41. The zero-order valence-electron chi connectivity index (χ0n) is 16.4. The summed E-state index contributed by atoms with van der Waals surface area (Å²) in [5.41, 5.74) is 3.62. The van der Waals surface area contributed by atoms with Crippen LogP contribution in [0, 0.1) is 24.0 Å². The number of rotatable bonds is 4. The molecule has 156 valence electrons. The van der Waals surface area contributed by atoms with E-state index in [1.54, 1.807) is 24.3 Å². The maximum atomic E-state index is 13.0. The number of carbonyl (C=O) groups excluding carboxylic acids is 1. The second-order valence-corrected chi connectivity index (χ2v) is 9.44. The Balaban J connectivity index is 1.61. The molecule has 0 N–H and O–H groups in total. The highest BCUT2D eigenvalue weighted by molar-refractivity contribution is 9.10. The lowest BCUT2D eigenvalue weighted by molar-refractivity contribution is -0.384. The van der Waals surface area contributed by atoms with Crippen LogP contribution in [0.1, 0.15) is 16.9 Å². The van der Waals surface area contributed by atoms with Crippen LogP contribution in [0.3, 0.4) is 0 Å². The summed E-state index contributed by atoms with van der Waals surface area (Å²) in [5.74, 6) is 0.811. The van der Waals surface area contributed by atoms with Gasteiger partial charge >= 0.3 is 0 Å². The SMILES string of the molecule is Cc1ccc(N2C(=O)/C(=C\c3ccc(-c4ccc([N+](=O)[O-])cc4Br)o3)SC2=S)cc1C. The number of nitro benzene ring substituents is 1. The highest BCUT2D eigenvalue weighted by atomic mass is 79.9. The summed E-state index contributed by atoms with van der Waals surface area (Å²) in [4.78, 5) is 25.4. The minimum absolute atomic E-state index is 0.0163. The van der Waals surface area contributed by atoms with Crippen molar-refractivity contribution in [3.8, 4) is 11.3 Å². The number of thiocarbonyl (C=S) groups is 1. The molecule has 9 heteroatoms. The molecule has 0 atom stereocenters. The number of carbonyl (C=O) groups is 1. The van der Waals surface area contributed by atoms with Gasteiger partial charge in [0.2, 0.25) is 0 Å². The van der Waals surface area contributed by atoms with Crippen molar-refractivity contribution in [2.75, 3.05) is 4.90 Å². The van der Waals surface area contributed by atoms with Crippen LogP contribution in [-0.4, -0.2) is 15.2 Å². The van der Waals surface area contributed by atoms with Crippen LogP contribution in [0.4, 0.5) is 11.4 Å². The lowest BCUT2D eigenvalue weighted by Gasteiger charge is -2.15. The monoisotopic (exact) mass is 514 g/mol. The number of amides is 1. The number of aryl methyl sites for hydroxylation is 2. The van der Waals surface area contributed by atoms with Crippen molar-refractivity contribution < 1.29 is 14.1 Å². The van der Waals surface area contributed by atoms with Gasteiger partial charge in [-0.1, -0.05) is 30.0 Å². The fraction of sp³-hybridized carbons (Fsp3) is 0.0909. The molecule has 1 aromatic heterocycles. The van der Waals surface area contributed by atoms with Crippen molar-refractivity contribution in [3.63, 3.8) is 0 Å². The van der Waals surface area contributed by atoms with Crippen LogP contribution in [0.15, 0.2) is 62.3 Å². The minimum Gasteiger partial charge on any atom is -0.457 e. The fourth-order valence-electron chi connectivity index (χ4n) is 3.08. The Morgan fingerprint density at radius 3 is 2.58 bits per heavy atom. The Bertz CT molecular complexity index is 1280. The van der Waals surface area contributed by atoms with Gasteiger partial charge in [0.05, 0.1) is 15.5 Å². The van der Waals surface area contributed by atoms with Crippen molar-refractivity contribution in [3.05, 3.63) is 84.9 Å². The van der Waals surface area contributed by atoms with Crippen molar-refractivity contribution >= 4 is 67.6 Å². The average Bonchev–Trinajstić information content (AvgIpc) is 3.28. The predicted molar refractivity (Wildman–Crippen MR) is 130 cm³/mol. The largest absolute Gasteiger partial charge is 0.457 e. The summed E-state index contributed by atoms with van der Waals surface area (Å²) in [7, 11) is 0. The highest BCUT2D eigenvalue weighted by Crippen LogP contribution is 2.38. The van der Waals surface area contributed by atoms with Crippen LogP contribution in [-0.2, 0) is 4.79 Å². The van der Waals surface area contributed by atoms with Gasteiger partial charge in [0.25, 0.3) is 11.6 Å². The molecule has 1 saturated heterocycles. The number of nitro groups is 1. The number of hydrogen-bond acceptors (Lipinski definition) is 6. The van der Waals surface area contributed by atoms with Gasteiger partial charge in [-0.25, -0.2) is 0 Å². The zero-order chi connectivity index (χ0) is 22.3. The molecule has 2 aromatic carbocycles. The number of benzene rings is 2. The maximum Gasteiger partial charge on any atom is 0.270 e. The van der Waals surface area contributed by atoms with Gasteiger partial charge in [0.1, 0.15) is 11.5 Å². The molecule has 4 rings (SSSR count). The third-order valence-corrected chi connectivity index (χ3v) is 6.83. The summed E-state index contributed by atoms with van der Waals surface area (Å²) in [6.07, 6.45) is 1.66. The Labute approximate surface area is 196 Å². The molecular formula is C22H15BrN2O4S2. The van der Waals surface area contributed by atoms with Gasteiger partial charge in [0, 0.05) is 28.2 Å². The van der Waals surface area contributed by atoms with Gasteiger partial charge in [-0.05, 0) is 71.2 Å². The van der Waals surface area contributed by atoms with E-state index >= 15 is 0 Å². The molecule has 0 saturated carbocycles. The summed E-state index contributed by atoms with van der Waals surface area (Å²) in [5, 5.41) is 10.9. The molecule has 1 fully saturated rings. The molecule has 0 aliphatic carbocycles. The van der Waals surface area contributed by atoms with Crippen LogP contribution >= 0.6 is 39.9 Å². The van der Waals surface area contributed by atoms with E-state index in [0.717, 1.165) is 16.8 Å². The molecule has 1 aliphatic rings. The van der Waals surface area contributed by atoms with Crippen molar-refractivity contribution in [2.45, 2.75) is 13.8 Å². The first-order valence-corrected chi connectivity index (χ1v) is 11.2. The summed E-state index contributed by atoms with van der Waals surface area (Å²) < 4.78 is 6.88. The van der Waals surface area contributed by atoms with Gasteiger partial charge in [-0.2, -0.15) is 0 Å². The molecule has 3 aromatic rings. The maximum absolute atomic E-state index is 13.0. The first kappa shape index (κ1) is 21.5. The highest BCUT2D eigenvalue weighted by Gasteiger charge is 2.33.